The molecule has 0 unspecified atom stereocenters. The fourth-order valence-electron chi connectivity index (χ4n) is 2.65. The largest absolute Gasteiger partial charge is 0.507 e. The molecule has 0 fully saturated rings. The number of phenolic OH excluding ortho intramolecular Hbond substituents is 1. The first-order valence-corrected chi connectivity index (χ1v) is 8.33. The Morgan fingerprint density at radius 1 is 0.880 bits per heavy atom. The third kappa shape index (κ3) is 4.48. The molecule has 0 atom stereocenters. The minimum Gasteiger partial charge on any atom is -0.507 e. The number of rotatable bonds is 7. The molecule has 0 amide bonds. The van der Waals surface area contributed by atoms with E-state index >= 15 is 0 Å². The maximum absolute atomic E-state index is 12.4. The van der Waals surface area contributed by atoms with Crippen LogP contribution < -0.4 is 4.74 Å². The fraction of sp³-hybridized carbons (Fsp3) is 0.136. The molecule has 3 rings (SSSR count). The van der Waals surface area contributed by atoms with Crippen LogP contribution in [0.1, 0.15) is 27.9 Å². The van der Waals surface area contributed by atoms with Gasteiger partial charge in [0.25, 0.3) is 0 Å². The lowest BCUT2D eigenvalue weighted by Crippen LogP contribution is -2.03. The number of carbonyl (C=O) groups excluding carboxylic acids is 1. The number of phenols is 1. The van der Waals surface area contributed by atoms with Crippen LogP contribution >= 0.6 is 0 Å². The lowest BCUT2D eigenvalue weighted by molar-refractivity contribution is 0.103. The number of benzene rings is 3. The van der Waals surface area contributed by atoms with E-state index in [1.165, 1.54) is 11.6 Å². The Morgan fingerprint density at radius 3 is 2.24 bits per heavy atom. The molecule has 3 heteroatoms. The summed E-state index contributed by atoms with van der Waals surface area (Å²) in [4.78, 5) is 12.4. The molecular weight excluding hydrogens is 312 g/mol. The van der Waals surface area contributed by atoms with Gasteiger partial charge in [0.15, 0.2) is 5.78 Å². The maximum Gasteiger partial charge on any atom is 0.196 e. The number of hydrogen-bond acceptors (Lipinski definition) is 3. The van der Waals surface area contributed by atoms with Crippen molar-refractivity contribution < 1.29 is 14.6 Å². The summed E-state index contributed by atoms with van der Waals surface area (Å²) in [7, 11) is 0. The van der Waals surface area contributed by atoms with E-state index in [1.54, 1.807) is 36.4 Å². The van der Waals surface area contributed by atoms with E-state index in [0.29, 0.717) is 17.9 Å². The van der Waals surface area contributed by atoms with E-state index in [2.05, 4.69) is 12.1 Å². The van der Waals surface area contributed by atoms with Crippen molar-refractivity contribution >= 4 is 5.78 Å². The summed E-state index contributed by atoms with van der Waals surface area (Å²) in [6.07, 6.45) is 1.83. The molecule has 0 bridgehead atoms. The molecule has 0 saturated carbocycles. The second kappa shape index (κ2) is 8.15. The molecule has 1 N–H and O–H groups in total. The highest BCUT2D eigenvalue weighted by atomic mass is 16.5. The van der Waals surface area contributed by atoms with Gasteiger partial charge in [0.05, 0.1) is 12.2 Å². The zero-order valence-corrected chi connectivity index (χ0v) is 13.9. The summed E-state index contributed by atoms with van der Waals surface area (Å²) in [5.74, 6) is 0.304. The van der Waals surface area contributed by atoms with Gasteiger partial charge in [-0.3, -0.25) is 4.79 Å². The van der Waals surface area contributed by atoms with Crippen molar-refractivity contribution in [3.05, 3.63) is 95.6 Å². The van der Waals surface area contributed by atoms with Crippen LogP contribution in [0.4, 0.5) is 0 Å². The average Bonchev–Trinajstić information content (AvgIpc) is 2.66. The van der Waals surface area contributed by atoms with E-state index in [4.69, 9.17) is 4.74 Å². The Bertz CT molecular complexity index is 826. The van der Waals surface area contributed by atoms with Crippen molar-refractivity contribution in [2.24, 2.45) is 0 Å². The summed E-state index contributed by atoms with van der Waals surface area (Å²) >= 11 is 0. The van der Waals surface area contributed by atoms with Crippen LogP contribution in [0.2, 0.25) is 0 Å². The Labute approximate surface area is 147 Å². The molecular formula is C22H20O3. The van der Waals surface area contributed by atoms with Crippen molar-refractivity contribution in [3.63, 3.8) is 0 Å². The molecule has 0 aliphatic heterocycles. The normalized spacial score (nSPS) is 10.4. The first-order chi connectivity index (χ1) is 12.2. The molecule has 0 spiro atoms. The van der Waals surface area contributed by atoms with Gasteiger partial charge in [-0.2, -0.15) is 0 Å². The van der Waals surface area contributed by atoms with Crippen molar-refractivity contribution in [2.45, 2.75) is 12.8 Å². The van der Waals surface area contributed by atoms with Gasteiger partial charge in [-0.1, -0.05) is 60.7 Å². The SMILES string of the molecule is O=C(c1ccccc1)c1ccc(OCCCc2ccccc2)cc1O. The third-order valence-electron chi connectivity index (χ3n) is 3.97. The predicted octanol–water partition coefficient (Wildman–Crippen LogP) is 4.63. The quantitative estimate of drug-likeness (QED) is 0.507. The number of hydrogen-bond donors (Lipinski definition) is 1. The van der Waals surface area contributed by atoms with Gasteiger partial charge in [-0.15, -0.1) is 0 Å². The number of ether oxygens (including phenoxy) is 1. The van der Waals surface area contributed by atoms with Crippen LogP contribution in [0.25, 0.3) is 0 Å². The molecule has 3 aromatic carbocycles. The second-order valence-electron chi connectivity index (χ2n) is 5.81. The second-order valence-corrected chi connectivity index (χ2v) is 5.81. The molecule has 3 aromatic rings. The molecule has 3 nitrogen and oxygen atoms in total. The number of aryl methyl sites for hydroxylation is 1. The molecule has 0 aliphatic carbocycles. The van der Waals surface area contributed by atoms with Crippen LogP contribution in [0, 0.1) is 0 Å². The van der Waals surface area contributed by atoms with Gasteiger partial charge >= 0.3 is 0 Å². The Morgan fingerprint density at radius 2 is 1.56 bits per heavy atom. The van der Waals surface area contributed by atoms with E-state index in [9.17, 15) is 9.90 Å². The standard InChI is InChI=1S/C22H20O3/c23-21-16-19(25-15-7-10-17-8-3-1-4-9-17)13-14-20(21)22(24)18-11-5-2-6-12-18/h1-6,8-9,11-14,16,23H,7,10,15H2. The maximum atomic E-state index is 12.4. The minimum absolute atomic E-state index is 0.0607. The van der Waals surface area contributed by atoms with E-state index in [1.807, 2.05) is 24.3 Å². The van der Waals surface area contributed by atoms with E-state index in [0.717, 1.165) is 12.8 Å². The van der Waals surface area contributed by atoms with Crippen LogP contribution in [0.5, 0.6) is 11.5 Å². The van der Waals surface area contributed by atoms with E-state index < -0.39 is 0 Å². The van der Waals surface area contributed by atoms with Gasteiger partial charge in [-0.25, -0.2) is 0 Å². The third-order valence-corrected chi connectivity index (χ3v) is 3.97. The van der Waals surface area contributed by atoms with Gasteiger partial charge in [0, 0.05) is 11.6 Å². The average molecular weight is 332 g/mol. The Hall–Kier alpha value is -3.07. The first kappa shape index (κ1) is 16.8. The highest BCUT2D eigenvalue weighted by Gasteiger charge is 2.13. The van der Waals surface area contributed by atoms with Crippen LogP contribution in [0.15, 0.2) is 78.9 Å². The summed E-state index contributed by atoms with van der Waals surface area (Å²) in [6, 6.07) is 24.0. The molecule has 0 heterocycles. The number of carbonyl (C=O) groups is 1. The van der Waals surface area contributed by atoms with Crippen LogP contribution in [0.3, 0.4) is 0 Å². The van der Waals surface area contributed by atoms with E-state index in [-0.39, 0.29) is 17.1 Å². The summed E-state index contributed by atoms with van der Waals surface area (Å²) < 4.78 is 5.68. The molecule has 126 valence electrons. The number of aromatic hydroxyl groups is 1. The summed E-state index contributed by atoms with van der Waals surface area (Å²) in [5.41, 5.74) is 2.11. The molecule has 0 aliphatic rings. The summed E-state index contributed by atoms with van der Waals surface area (Å²) in [6.45, 7) is 0.556. The topological polar surface area (TPSA) is 46.5 Å². The van der Waals surface area contributed by atoms with Crippen LogP contribution in [-0.2, 0) is 6.42 Å². The highest BCUT2D eigenvalue weighted by molar-refractivity contribution is 6.10. The molecule has 0 radical (unpaired) electrons. The van der Waals surface area contributed by atoms with Gasteiger partial charge < -0.3 is 9.84 Å². The van der Waals surface area contributed by atoms with Crippen LogP contribution in [-0.4, -0.2) is 17.5 Å². The molecule has 25 heavy (non-hydrogen) atoms. The van der Waals surface area contributed by atoms with Gasteiger partial charge in [0.2, 0.25) is 0 Å². The van der Waals surface area contributed by atoms with Crippen molar-refractivity contribution in [3.8, 4) is 11.5 Å². The summed E-state index contributed by atoms with van der Waals surface area (Å²) in [5, 5.41) is 10.2. The fourth-order valence-corrected chi connectivity index (χ4v) is 2.65. The van der Waals surface area contributed by atoms with Crippen molar-refractivity contribution in [1.29, 1.82) is 0 Å². The first-order valence-electron chi connectivity index (χ1n) is 8.33. The highest BCUT2D eigenvalue weighted by Crippen LogP contribution is 2.26. The Balaban J connectivity index is 1.57. The Kier molecular flexibility index (Phi) is 5.47. The van der Waals surface area contributed by atoms with Gasteiger partial charge in [0.1, 0.15) is 11.5 Å². The lowest BCUT2D eigenvalue weighted by Gasteiger charge is -2.09. The monoisotopic (exact) mass is 332 g/mol. The van der Waals surface area contributed by atoms with Crippen molar-refractivity contribution in [1.82, 2.24) is 0 Å². The molecule has 0 saturated heterocycles. The van der Waals surface area contributed by atoms with Crippen molar-refractivity contribution in [2.75, 3.05) is 6.61 Å². The van der Waals surface area contributed by atoms with Gasteiger partial charge in [-0.05, 0) is 30.5 Å². The molecule has 0 aromatic heterocycles. The minimum atomic E-state index is -0.200. The predicted molar refractivity (Wildman–Crippen MR) is 98.2 cm³/mol. The zero-order valence-electron chi connectivity index (χ0n) is 13.9. The lowest BCUT2D eigenvalue weighted by atomic mass is 10.0. The zero-order chi connectivity index (χ0) is 17.5. The number of ketones is 1. The smallest absolute Gasteiger partial charge is 0.196 e.